The van der Waals surface area contributed by atoms with Gasteiger partial charge in [-0.05, 0) is 40.2 Å². The molecule has 0 rings (SSSR count). The topological polar surface area (TPSA) is 69.4 Å². The van der Waals surface area contributed by atoms with Crippen molar-refractivity contribution in [2.45, 2.75) is 52.0 Å². The molecule has 0 aliphatic carbocycles. The SMILES string of the molecule is CC(C)(C)N(CCCCCCN)C(=O)[O-]. The van der Waals surface area contributed by atoms with Crippen molar-refractivity contribution in [1.29, 1.82) is 0 Å². The van der Waals surface area contributed by atoms with Crippen molar-refractivity contribution in [2.24, 2.45) is 5.73 Å². The number of carboxylic acid groups (broad SMARTS) is 1. The van der Waals surface area contributed by atoms with Gasteiger partial charge in [0.1, 0.15) is 6.09 Å². The summed E-state index contributed by atoms with van der Waals surface area (Å²) in [7, 11) is 0. The third-order valence-electron chi connectivity index (χ3n) is 2.37. The van der Waals surface area contributed by atoms with E-state index in [1.807, 2.05) is 20.8 Å². The molecular weight excluding hydrogens is 192 g/mol. The average molecular weight is 215 g/mol. The van der Waals surface area contributed by atoms with Gasteiger partial charge in [0.25, 0.3) is 0 Å². The number of nitrogens with zero attached hydrogens (tertiary/aromatic N) is 1. The molecule has 0 atom stereocenters. The smallest absolute Gasteiger partial charge is 0.137 e. The maximum atomic E-state index is 10.9. The number of unbranched alkanes of at least 4 members (excludes halogenated alkanes) is 3. The molecule has 0 spiro atoms. The summed E-state index contributed by atoms with van der Waals surface area (Å²) in [6.45, 7) is 6.90. The Kier molecular flexibility index (Phi) is 6.32. The molecule has 4 heteroatoms. The summed E-state index contributed by atoms with van der Waals surface area (Å²) >= 11 is 0. The largest absolute Gasteiger partial charge is 0.530 e. The van der Waals surface area contributed by atoms with Crippen LogP contribution >= 0.6 is 0 Å². The van der Waals surface area contributed by atoms with Gasteiger partial charge in [-0.3, -0.25) is 0 Å². The lowest BCUT2D eigenvalue weighted by Crippen LogP contribution is -2.51. The van der Waals surface area contributed by atoms with E-state index in [2.05, 4.69) is 0 Å². The van der Waals surface area contributed by atoms with Crippen molar-refractivity contribution in [2.75, 3.05) is 13.1 Å². The average Bonchev–Trinajstić information content (AvgIpc) is 2.08. The predicted molar refractivity (Wildman–Crippen MR) is 59.4 cm³/mol. The standard InChI is InChI=1S/C11H24N2O2/c1-11(2,3)13(10(14)15)9-7-5-4-6-8-12/h4-9,12H2,1-3H3,(H,14,15)/p-1. The first-order chi connectivity index (χ1) is 6.89. The normalized spacial score (nSPS) is 11.5. The van der Waals surface area contributed by atoms with Crippen molar-refractivity contribution in [3.63, 3.8) is 0 Å². The maximum absolute atomic E-state index is 10.9. The third-order valence-corrected chi connectivity index (χ3v) is 2.37. The summed E-state index contributed by atoms with van der Waals surface area (Å²) in [5, 5.41) is 10.9. The monoisotopic (exact) mass is 215 g/mol. The van der Waals surface area contributed by atoms with Crippen molar-refractivity contribution < 1.29 is 9.90 Å². The summed E-state index contributed by atoms with van der Waals surface area (Å²) in [6, 6.07) is 0. The predicted octanol–water partition coefficient (Wildman–Crippen LogP) is 0.949. The van der Waals surface area contributed by atoms with Crippen LogP contribution in [0.2, 0.25) is 0 Å². The molecule has 0 radical (unpaired) electrons. The molecule has 0 fully saturated rings. The van der Waals surface area contributed by atoms with Crippen LogP contribution in [0.15, 0.2) is 0 Å². The second-order valence-electron chi connectivity index (χ2n) is 4.79. The van der Waals surface area contributed by atoms with E-state index in [1.165, 1.54) is 4.90 Å². The van der Waals surface area contributed by atoms with Gasteiger partial charge in [-0.25, -0.2) is 0 Å². The van der Waals surface area contributed by atoms with E-state index in [9.17, 15) is 9.90 Å². The zero-order valence-corrected chi connectivity index (χ0v) is 10.1. The fourth-order valence-electron chi connectivity index (χ4n) is 1.47. The Hall–Kier alpha value is -0.770. The van der Waals surface area contributed by atoms with Crippen LogP contribution in [-0.2, 0) is 0 Å². The van der Waals surface area contributed by atoms with Crippen LogP contribution < -0.4 is 10.8 Å². The summed E-state index contributed by atoms with van der Waals surface area (Å²) in [5.41, 5.74) is 5.01. The Morgan fingerprint density at radius 1 is 1.20 bits per heavy atom. The molecule has 0 bridgehead atoms. The van der Waals surface area contributed by atoms with Gasteiger partial charge in [-0.1, -0.05) is 12.8 Å². The van der Waals surface area contributed by atoms with Gasteiger partial charge in [-0.15, -0.1) is 0 Å². The van der Waals surface area contributed by atoms with Crippen LogP contribution in [0.3, 0.4) is 0 Å². The summed E-state index contributed by atoms with van der Waals surface area (Å²) in [5.74, 6) is 0. The Morgan fingerprint density at radius 3 is 2.13 bits per heavy atom. The molecule has 0 unspecified atom stereocenters. The first-order valence-corrected chi connectivity index (χ1v) is 5.58. The number of hydrogen-bond acceptors (Lipinski definition) is 3. The van der Waals surface area contributed by atoms with Gasteiger partial charge in [0, 0.05) is 12.1 Å². The number of carbonyl (C=O) groups is 1. The van der Waals surface area contributed by atoms with E-state index in [4.69, 9.17) is 5.73 Å². The molecule has 0 aromatic heterocycles. The Bertz CT molecular complexity index is 188. The van der Waals surface area contributed by atoms with E-state index >= 15 is 0 Å². The van der Waals surface area contributed by atoms with Crippen LogP contribution in [-0.4, -0.2) is 29.6 Å². The number of nitrogens with two attached hydrogens (primary N) is 1. The highest BCUT2D eigenvalue weighted by Crippen LogP contribution is 2.14. The lowest BCUT2D eigenvalue weighted by molar-refractivity contribution is -0.270. The maximum Gasteiger partial charge on any atom is 0.137 e. The van der Waals surface area contributed by atoms with Crippen LogP contribution in [0.25, 0.3) is 0 Å². The molecule has 90 valence electrons. The molecule has 4 nitrogen and oxygen atoms in total. The molecule has 0 saturated heterocycles. The summed E-state index contributed by atoms with van der Waals surface area (Å²) in [6.07, 6.45) is 2.91. The van der Waals surface area contributed by atoms with Gasteiger partial charge >= 0.3 is 0 Å². The van der Waals surface area contributed by atoms with Crippen LogP contribution in [0.4, 0.5) is 4.79 Å². The molecule has 0 aromatic rings. The molecular formula is C11H23N2O2-. The molecule has 15 heavy (non-hydrogen) atoms. The Morgan fingerprint density at radius 2 is 1.73 bits per heavy atom. The van der Waals surface area contributed by atoms with Crippen molar-refractivity contribution in [1.82, 2.24) is 4.90 Å². The Labute approximate surface area is 92.4 Å². The number of rotatable bonds is 6. The van der Waals surface area contributed by atoms with Crippen LogP contribution in [0, 0.1) is 0 Å². The molecule has 0 aliphatic heterocycles. The van der Waals surface area contributed by atoms with Crippen LogP contribution in [0.1, 0.15) is 46.5 Å². The van der Waals surface area contributed by atoms with Crippen molar-refractivity contribution in [3.8, 4) is 0 Å². The van der Waals surface area contributed by atoms with E-state index < -0.39 is 6.09 Å². The lowest BCUT2D eigenvalue weighted by atomic mass is 10.1. The zero-order chi connectivity index (χ0) is 11.9. The van der Waals surface area contributed by atoms with E-state index in [-0.39, 0.29) is 5.54 Å². The van der Waals surface area contributed by atoms with Gasteiger partial charge in [0.15, 0.2) is 0 Å². The number of carbonyl (C=O) groups excluding carboxylic acids is 1. The number of amides is 1. The first kappa shape index (κ1) is 14.2. The second kappa shape index (κ2) is 6.67. The minimum Gasteiger partial charge on any atom is -0.530 e. The molecule has 0 aliphatic rings. The minimum atomic E-state index is -1.08. The molecule has 0 heterocycles. The quantitative estimate of drug-likeness (QED) is 0.671. The molecule has 1 amide bonds. The van der Waals surface area contributed by atoms with E-state index in [1.54, 1.807) is 0 Å². The second-order valence-corrected chi connectivity index (χ2v) is 4.79. The van der Waals surface area contributed by atoms with E-state index in [0.29, 0.717) is 13.1 Å². The highest BCUT2D eigenvalue weighted by Gasteiger charge is 2.20. The zero-order valence-electron chi connectivity index (χ0n) is 10.1. The van der Waals surface area contributed by atoms with Crippen molar-refractivity contribution in [3.05, 3.63) is 0 Å². The molecule has 2 N–H and O–H groups in total. The van der Waals surface area contributed by atoms with Gasteiger partial charge < -0.3 is 20.5 Å². The summed E-state index contributed by atoms with van der Waals surface area (Å²) in [4.78, 5) is 12.2. The van der Waals surface area contributed by atoms with Crippen molar-refractivity contribution >= 4 is 6.09 Å². The van der Waals surface area contributed by atoms with Crippen LogP contribution in [0.5, 0.6) is 0 Å². The molecule has 0 saturated carbocycles. The highest BCUT2D eigenvalue weighted by atomic mass is 16.4. The first-order valence-electron chi connectivity index (χ1n) is 5.58. The Balaban J connectivity index is 3.84. The molecule has 0 aromatic carbocycles. The minimum absolute atomic E-state index is 0.368. The van der Waals surface area contributed by atoms with Gasteiger partial charge in [-0.2, -0.15) is 0 Å². The lowest BCUT2D eigenvalue weighted by Gasteiger charge is -2.38. The fourth-order valence-corrected chi connectivity index (χ4v) is 1.47. The van der Waals surface area contributed by atoms with Gasteiger partial charge in [0.05, 0.1) is 0 Å². The summed E-state index contributed by atoms with van der Waals surface area (Å²) < 4.78 is 0. The fraction of sp³-hybridized carbons (Fsp3) is 0.909. The highest BCUT2D eigenvalue weighted by molar-refractivity contribution is 5.63. The van der Waals surface area contributed by atoms with Gasteiger partial charge in [0.2, 0.25) is 0 Å². The van der Waals surface area contributed by atoms with E-state index in [0.717, 1.165) is 25.7 Å². The third kappa shape index (κ3) is 6.33. The number of hydrogen-bond donors (Lipinski definition) is 1.